The predicted molar refractivity (Wildman–Crippen MR) is 99.4 cm³/mol. The Kier molecular flexibility index (Phi) is 4.80. The zero-order valence-electron chi connectivity index (χ0n) is 16.1. The van der Waals surface area contributed by atoms with Gasteiger partial charge >= 0.3 is 0 Å². The molecule has 1 saturated heterocycles. The molecule has 9 nitrogen and oxygen atoms in total. The van der Waals surface area contributed by atoms with Gasteiger partial charge in [-0.15, -0.1) is 5.10 Å². The first-order chi connectivity index (χ1) is 13.4. The molecule has 2 aliphatic rings. The SMILES string of the molecule is CC1(C)Oc2ccc(-c3nnnn3CCO)cc2[C@H](N2CCCCC2=O)[C@H]1O. The van der Waals surface area contributed by atoms with Crippen LogP contribution in [0.15, 0.2) is 18.2 Å². The summed E-state index contributed by atoms with van der Waals surface area (Å²) in [6.07, 6.45) is 1.42. The summed E-state index contributed by atoms with van der Waals surface area (Å²) < 4.78 is 7.57. The van der Waals surface area contributed by atoms with Crippen LogP contribution in [0.3, 0.4) is 0 Å². The number of aromatic nitrogens is 4. The number of carbonyl (C=O) groups is 1. The van der Waals surface area contributed by atoms with Gasteiger partial charge in [-0.3, -0.25) is 4.79 Å². The molecule has 0 saturated carbocycles. The third-order valence-corrected chi connectivity index (χ3v) is 5.51. The van der Waals surface area contributed by atoms with E-state index in [9.17, 15) is 15.0 Å². The van der Waals surface area contributed by atoms with Crippen LogP contribution in [0.4, 0.5) is 0 Å². The molecule has 2 atom stereocenters. The lowest BCUT2D eigenvalue weighted by atomic mass is 9.84. The average molecular weight is 387 g/mol. The van der Waals surface area contributed by atoms with Crippen molar-refractivity contribution in [3.05, 3.63) is 23.8 Å². The Morgan fingerprint density at radius 1 is 1.32 bits per heavy atom. The fourth-order valence-electron chi connectivity index (χ4n) is 4.02. The molecular formula is C19H25N5O4. The molecule has 0 radical (unpaired) electrons. The molecule has 2 aliphatic heterocycles. The first-order valence-corrected chi connectivity index (χ1v) is 9.60. The van der Waals surface area contributed by atoms with Crippen molar-refractivity contribution in [3.8, 4) is 17.1 Å². The lowest BCUT2D eigenvalue weighted by molar-refractivity contribution is -0.147. The molecular weight excluding hydrogens is 362 g/mol. The van der Waals surface area contributed by atoms with E-state index in [1.807, 2.05) is 32.0 Å². The second-order valence-corrected chi connectivity index (χ2v) is 7.84. The van der Waals surface area contributed by atoms with E-state index in [0.717, 1.165) is 24.0 Å². The van der Waals surface area contributed by atoms with Gasteiger partial charge < -0.3 is 19.8 Å². The quantitative estimate of drug-likeness (QED) is 0.802. The van der Waals surface area contributed by atoms with Gasteiger partial charge in [0, 0.05) is 24.1 Å². The van der Waals surface area contributed by atoms with E-state index >= 15 is 0 Å². The minimum absolute atomic E-state index is 0.0504. The minimum Gasteiger partial charge on any atom is -0.485 e. The summed E-state index contributed by atoms with van der Waals surface area (Å²) in [6.45, 7) is 4.47. The molecule has 4 rings (SSSR count). The van der Waals surface area contributed by atoms with Crippen LogP contribution in [0.1, 0.15) is 44.7 Å². The number of piperidine rings is 1. The lowest BCUT2D eigenvalue weighted by Gasteiger charge is -2.47. The predicted octanol–water partition coefficient (Wildman–Crippen LogP) is 0.918. The van der Waals surface area contributed by atoms with Crippen LogP contribution in [0.25, 0.3) is 11.4 Å². The zero-order chi connectivity index (χ0) is 19.9. The summed E-state index contributed by atoms with van der Waals surface area (Å²) in [5, 5.41) is 32.0. The topological polar surface area (TPSA) is 114 Å². The molecule has 2 aromatic rings. The fraction of sp³-hybridized carbons (Fsp3) is 0.579. The van der Waals surface area contributed by atoms with E-state index < -0.39 is 17.7 Å². The van der Waals surface area contributed by atoms with Crippen LogP contribution < -0.4 is 4.74 Å². The van der Waals surface area contributed by atoms with Crippen molar-refractivity contribution in [1.82, 2.24) is 25.1 Å². The summed E-state index contributed by atoms with van der Waals surface area (Å²) in [5.74, 6) is 1.21. The number of ether oxygens (including phenoxy) is 1. The van der Waals surface area contributed by atoms with Crippen molar-refractivity contribution in [2.75, 3.05) is 13.2 Å². The Labute approximate surface area is 162 Å². The van der Waals surface area contributed by atoms with Crippen molar-refractivity contribution >= 4 is 5.91 Å². The number of amides is 1. The number of aliphatic hydroxyl groups excluding tert-OH is 2. The molecule has 9 heteroatoms. The molecule has 2 N–H and O–H groups in total. The van der Waals surface area contributed by atoms with Gasteiger partial charge in [0.25, 0.3) is 0 Å². The Bertz CT molecular complexity index is 881. The van der Waals surface area contributed by atoms with E-state index in [1.165, 1.54) is 4.68 Å². The van der Waals surface area contributed by atoms with Gasteiger partial charge in [-0.1, -0.05) is 0 Å². The Morgan fingerprint density at radius 2 is 2.14 bits per heavy atom. The number of rotatable bonds is 4. The molecule has 1 amide bonds. The van der Waals surface area contributed by atoms with Gasteiger partial charge in [0.1, 0.15) is 17.5 Å². The van der Waals surface area contributed by atoms with Crippen LogP contribution in [0.5, 0.6) is 5.75 Å². The first kappa shape index (κ1) is 18.8. The van der Waals surface area contributed by atoms with Gasteiger partial charge in [0.2, 0.25) is 5.91 Å². The van der Waals surface area contributed by atoms with Crippen LogP contribution in [0.2, 0.25) is 0 Å². The van der Waals surface area contributed by atoms with E-state index in [-0.39, 0.29) is 19.1 Å². The van der Waals surface area contributed by atoms with Gasteiger partial charge in [-0.2, -0.15) is 0 Å². The van der Waals surface area contributed by atoms with Gasteiger partial charge in [-0.25, -0.2) is 4.68 Å². The van der Waals surface area contributed by atoms with E-state index in [2.05, 4.69) is 15.5 Å². The third-order valence-electron chi connectivity index (χ3n) is 5.51. The molecule has 1 aromatic carbocycles. The van der Waals surface area contributed by atoms with E-state index in [4.69, 9.17) is 4.74 Å². The average Bonchev–Trinajstić information content (AvgIpc) is 3.12. The van der Waals surface area contributed by atoms with E-state index in [0.29, 0.717) is 24.5 Å². The number of nitrogens with zero attached hydrogens (tertiary/aromatic N) is 5. The van der Waals surface area contributed by atoms with Crippen molar-refractivity contribution in [1.29, 1.82) is 0 Å². The number of hydrogen-bond donors (Lipinski definition) is 2. The number of likely N-dealkylation sites (tertiary alicyclic amines) is 1. The fourth-order valence-corrected chi connectivity index (χ4v) is 4.02. The Balaban J connectivity index is 1.80. The number of carbonyl (C=O) groups excluding carboxylic acids is 1. The molecule has 28 heavy (non-hydrogen) atoms. The van der Waals surface area contributed by atoms with Crippen LogP contribution in [0, 0.1) is 0 Å². The van der Waals surface area contributed by atoms with Gasteiger partial charge in [0.05, 0.1) is 19.2 Å². The monoisotopic (exact) mass is 387 g/mol. The number of fused-ring (bicyclic) bond motifs is 1. The summed E-state index contributed by atoms with van der Waals surface area (Å²) in [5.41, 5.74) is 0.662. The molecule has 3 heterocycles. The maximum atomic E-state index is 12.6. The van der Waals surface area contributed by atoms with Crippen molar-refractivity contribution in [2.45, 2.75) is 57.4 Å². The summed E-state index contributed by atoms with van der Waals surface area (Å²) in [7, 11) is 0. The van der Waals surface area contributed by atoms with Crippen molar-refractivity contribution < 1.29 is 19.7 Å². The molecule has 150 valence electrons. The second kappa shape index (κ2) is 7.14. The van der Waals surface area contributed by atoms with Crippen molar-refractivity contribution in [3.63, 3.8) is 0 Å². The highest BCUT2D eigenvalue weighted by molar-refractivity contribution is 5.78. The van der Waals surface area contributed by atoms with Crippen LogP contribution in [-0.2, 0) is 11.3 Å². The number of tetrazole rings is 1. The Morgan fingerprint density at radius 3 is 2.89 bits per heavy atom. The molecule has 1 aromatic heterocycles. The Hall–Kier alpha value is -2.52. The van der Waals surface area contributed by atoms with Gasteiger partial charge in [0.15, 0.2) is 5.82 Å². The first-order valence-electron chi connectivity index (χ1n) is 9.60. The smallest absolute Gasteiger partial charge is 0.223 e. The molecule has 0 unspecified atom stereocenters. The maximum absolute atomic E-state index is 12.6. The van der Waals surface area contributed by atoms with E-state index in [1.54, 1.807) is 4.90 Å². The molecule has 0 aliphatic carbocycles. The number of hydrogen-bond acceptors (Lipinski definition) is 7. The highest BCUT2D eigenvalue weighted by Crippen LogP contribution is 2.45. The third kappa shape index (κ3) is 3.14. The number of aliphatic hydroxyl groups is 2. The molecule has 0 bridgehead atoms. The standard InChI is InChI=1S/C19H25N5O4/c1-19(2)17(27)16(23-8-4-3-5-15(23)26)13-11-12(6-7-14(13)28-19)18-20-21-22-24(18)9-10-25/h6-7,11,16-17,25,27H,3-5,8-10H2,1-2H3/t16-,17+/m0/s1. The van der Waals surface area contributed by atoms with Gasteiger partial charge in [-0.05, 0) is 55.3 Å². The zero-order valence-corrected chi connectivity index (χ0v) is 16.1. The highest BCUT2D eigenvalue weighted by atomic mass is 16.5. The molecule has 1 fully saturated rings. The lowest BCUT2D eigenvalue weighted by Crippen LogP contribution is -2.55. The van der Waals surface area contributed by atoms with Crippen molar-refractivity contribution in [2.24, 2.45) is 0 Å². The maximum Gasteiger partial charge on any atom is 0.223 e. The normalized spacial score (nSPS) is 24.0. The second-order valence-electron chi connectivity index (χ2n) is 7.84. The summed E-state index contributed by atoms with van der Waals surface area (Å²) in [6, 6.07) is 5.06. The number of benzene rings is 1. The summed E-state index contributed by atoms with van der Waals surface area (Å²) in [4.78, 5) is 14.4. The highest BCUT2D eigenvalue weighted by Gasteiger charge is 2.47. The van der Waals surface area contributed by atoms with Crippen LogP contribution in [-0.4, -0.2) is 66.1 Å². The summed E-state index contributed by atoms with van der Waals surface area (Å²) >= 11 is 0. The largest absolute Gasteiger partial charge is 0.485 e. The minimum atomic E-state index is -0.870. The van der Waals surface area contributed by atoms with Crippen LogP contribution >= 0.6 is 0 Å². The molecule has 0 spiro atoms.